The second-order valence-corrected chi connectivity index (χ2v) is 10.7. The quantitative estimate of drug-likeness (QED) is 0.298. The molecule has 41 heavy (non-hydrogen) atoms. The Morgan fingerprint density at radius 1 is 0.902 bits per heavy atom. The van der Waals surface area contributed by atoms with E-state index in [1.807, 2.05) is 18.7 Å². The van der Waals surface area contributed by atoms with Crippen LogP contribution in [0.5, 0.6) is 0 Å². The zero-order chi connectivity index (χ0) is 30.6. The molecule has 2 heterocycles. The van der Waals surface area contributed by atoms with Gasteiger partial charge in [-0.25, -0.2) is 4.79 Å². The number of carbonyl (C=O) groups is 1. The molecule has 3 rings (SSSR count). The number of amides is 1. The third-order valence-electron chi connectivity index (χ3n) is 8.20. The van der Waals surface area contributed by atoms with E-state index in [9.17, 15) is 44.3 Å². The number of hydrogen-bond acceptors (Lipinski definition) is 4. The molecule has 1 aromatic carbocycles. The van der Waals surface area contributed by atoms with Crippen LogP contribution in [-0.4, -0.2) is 72.6 Å². The number of hydrogen-bond donors (Lipinski definition) is 0. The lowest BCUT2D eigenvalue weighted by Gasteiger charge is -2.48. The number of likely N-dealkylation sites (tertiary alicyclic amines) is 1. The Morgan fingerprint density at radius 3 is 1.93 bits per heavy atom. The van der Waals surface area contributed by atoms with Crippen LogP contribution < -0.4 is 4.90 Å². The number of carbonyl (C=O) groups excluding carboxylic acids is 1. The van der Waals surface area contributed by atoms with E-state index in [1.165, 1.54) is 12.1 Å². The van der Waals surface area contributed by atoms with E-state index in [4.69, 9.17) is 0 Å². The molecule has 0 radical (unpaired) electrons. The lowest BCUT2D eigenvalue weighted by Crippen LogP contribution is -2.56. The lowest BCUT2D eigenvalue weighted by atomic mass is 9.82. The molecule has 2 saturated heterocycles. The maximum Gasteiger partial charge on any atom is 0.434 e. The van der Waals surface area contributed by atoms with E-state index in [-0.39, 0.29) is 25.9 Å². The van der Waals surface area contributed by atoms with Crippen molar-refractivity contribution in [2.45, 2.75) is 95.5 Å². The first kappa shape index (κ1) is 33.1. The van der Waals surface area contributed by atoms with Crippen molar-refractivity contribution in [3.8, 4) is 0 Å². The van der Waals surface area contributed by atoms with Gasteiger partial charge in [0.05, 0.1) is 5.56 Å². The molecule has 0 aromatic heterocycles. The minimum absolute atomic E-state index is 0.127. The highest BCUT2D eigenvalue weighted by Gasteiger charge is 2.60. The summed E-state index contributed by atoms with van der Waals surface area (Å²) in [5.74, 6) is 0. The summed E-state index contributed by atoms with van der Waals surface area (Å²) in [7, 11) is 0. The average Bonchev–Trinajstić information content (AvgIpc) is 3.18. The highest BCUT2D eigenvalue weighted by molar-refractivity contribution is 5.68. The van der Waals surface area contributed by atoms with Gasteiger partial charge in [0.25, 0.3) is 6.10 Å². The van der Waals surface area contributed by atoms with Gasteiger partial charge in [0.15, 0.2) is 0 Å². The van der Waals surface area contributed by atoms with Crippen LogP contribution >= 0.6 is 0 Å². The summed E-state index contributed by atoms with van der Waals surface area (Å²) >= 11 is 0. The van der Waals surface area contributed by atoms with Crippen LogP contribution in [0.25, 0.3) is 0 Å². The van der Waals surface area contributed by atoms with Gasteiger partial charge in [-0.2, -0.15) is 39.5 Å². The smallest absolute Gasteiger partial charge is 0.426 e. The Labute approximate surface area is 233 Å². The van der Waals surface area contributed by atoms with Crippen molar-refractivity contribution in [3.63, 3.8) is 0 Å². The van der Waals surface area contributed by atoms with Gasteiger partial charge in [0.2, 0.25) is 0 Å². The topological polar surface area (TPSA) is 36.0 Å². The van der Waals surface area contributed by atoms with Gasteiger partial charge in [0.1, 0.15) is 0 Å². The third kappa shape index (κ3) is 8.13. The van der Waals surface area contributed by atoms with Gasteiger partial charge in [-0.3, -0.25) is 4.90 Å². The number of piperidine rings is 1. The molecule has 0 atom stereocenters. The number of nitrogens with zero attached hydrogens (tertiary/aromatic N) is 3. The van der Waals surface area contributed by atoms with E-state index in [2.05, 4.69) is 9.64 Å². The Balaban J connectivity index is 1.80. The van der Waals surface area contributed by atoms with Crippen LogP contribution in [0, 0.1) is 0 Å². The molecule has 0 unspecified atom stereocenters. The summed E-state index contributed by atoms with van der Waals surface area (Å²) in [4.78, 5) is 17.2. The molecule has 0 spiro atoms. The number of benzene rings is 1. The molecule has 14 heteroatoms. The molecule has 1 aromatic rings. The van der Waals surface area contributed by atoms with E-state index in [0.29, 0.717) is 43.9 Å². The van der Waals surface area contributed by atoms with E-state index in [0.717, 1.165) is 36.6 Å². The molecule has 234 valence electrons. The largest absolute Gasteiger partial charge is 0.434 e. The molecule has 0 aliphatic carbocycles. The van der Waals surface area contributed by atoms with Crippen LogP contribution in [0.1, 0.15) is 69.9 Å². The standard InChI is InChI=1S/C27H36F9N3O2/c1-3-24(11-15-38(16-12-24)23(40)41-22(26(31,32)33)27(34,35)36)39(4-2)18-19-9-10-20(25(28,29)30)17-21(19)37-13-7-5-6-8-14-37/h9-10,17,22H,3-8,11-16,18H2,1-2H3. The van der Waals surface area contributed by atoms with Gasteiger partial charge in [0, 0.05) is 44.0 Å². The first-order chi connectivity index (χ1) is 19.0. The van der Waals surface area contributed by atoms with Crippen molar-refractivity contribution in [1.29, 1.82) is 0 Å². The van der Waals surface area contributed by atoms with Gasteiger partial charge in [-0.15, -0.1) is 0 Å². The molecule has 0 bridgehead atoms. The number of halogens is 9. The zero-order valence-corrected chi connectivity index (χ0v) is 23.1. The number of ether oxygens (including phenoxy) is 1. The summed E-state index contributed by atoms with van der Waals surface area (Å²) in [6.45, 7) is 5.56. The van der Waals surface area contributed by atoms with Crippen molar-refractivity contribution in [3.05, 3.63) is 29.3 Å². The third-order valence-corrected chi connectivity index (χ3v) is 8.20. The first-order valence-corrected chi connectivity index (χ1v) is 13.8. The Bertz CT molecular complexity index is 997. The van der Waals surface area contributed by atoms with Gasteiger partial charge >= 0.3 is 24.6 Å². The summed E-state index contributed by atoms with van der Waals surface area (Å²) < 4.78 is 122. The second-order valence-electron chi connectivity index (χ2n) is 10.7. The van der Waals surface area contributed by atoms with E-state index >= 15 is 0 Å². The maximum absolute atomic E-state index is 13.6. The molecule has 2 fully saturated rings. The summed E-state index contributed by atoms with van der Waals surface area (Å²) in [5.41, 5.74) is -0.0958. The summed E-state index contributed by atoms with van der Waals surface area (Å²) in [6, 6.07) is 3.72. The predicted molar refractivity (Wildman–Crippen MR) is 134 cm³/mol. The van der Waals surface area contributed by atoms with Crippen molar-refractivity contribution < 1.29 is 49.0 Å². The van der Waals surface area contributed by atoms with Crippen molar-refractivity contribution >= 4 is 11.8 Å². The molecule has 0 saturated carbocycles. The molecule has 1 amide bonds. The number of alkyl halides is 9. The SMILES string of the molecule is CCN(Cc1ccc(C(F)(F)F)cc1N1CCCCCC1)C1(CC)CCN(C(=O)OC(C(F)(F)F)C(F)(F)F)CC1. The fourth-order valence-corrected chi connectivity index (χ4v) is 5.79. The second kappa shape index (κ2) is 12.9. The molecular formula is C27H36F9N3O2. The summed E-state index contributed by atoms with van der Waals surface area (Å²) in [6.07, 6.45) is -17.3. The number of rotatable bonds is 7. The molecule has 2 aliphatic heterocycles. The minimum Gasteiger partial charge on any atom is -0.426 e. The van der Waals surface area contributed by atoms with Crippen molar-refractivity contribution in [2.75, 3.05) is 37.6 Å². The molecule has 5 nitrogen and oxygen atoms in total. The van der Waals surface area contributed by atoms with Crippen LogP contribution in [0.15, 0.2) is 18.2 Å². The zero-order valence-electron chi connectivity index (χ0n) is 23.1. The highest BCUT2D eigenvalue weighted by Crippen LogP contribution is 2.39. The predicted octanol–water partition coefficient (Wildman–Crippen LogP) is 7.78. The van der Waals surface area contributed by atoms with E-state index < -0.39 is 41.8 Å². The molecular weight excluding hydrogens is 569 g/mol. The molecule has 0 N–H and O–H groups in total. The monoisotopic (exact) mass is 605 g/mol. The van der Waals surface area contributed by atoms with E-state index in [1.54, 1.807) is 0 Å². The van der Waals surface area contributed by atoms with Gasteiger partial charge in [-0.05, 0) is 56.3 Å². The van der Waals surface area contributed by atoms with Gasteiger partial charge in [-0.1, -0.05) is 32.8 Å². The van der Waals surface area contributed by atoms with Crippen molar-refractivity contribution in [1.82, 2.24) is 9.80 Å². The first-order valence-electron chi connectivity index (χ1n) is 13.8. The Morgan fingerprint density at radius 2 is 1.46 bits per heavy atom. The van der Waals surface area contributed by atoms with Gasteiger partial charge < -0.3 is 14.5 Å². The van der Waals surface area contributed by atoms with Crippen LogP contribution in [-0.2, 0) is 17.5 Å². The minimum atomic E-state index is -5.80. The van der Waals surface area contributed by atoms with Crippen LogP contribution in [0.3, 0.4) is 0 Å². The fraction of sp³-hybridized carbons (Fsp3) is 0.741. The Hall–Kier alpha value is -2.38. The lowest BCUT2D eigenvalue weighted by molar-refractivity contribution is -0.308. The maximum atomic E-state index is 13.6. The van der Waals surface area contributed by atoms with Crippen molar-refractivity contribution in [2.24, 2.45) is 0 Å². The normalized spacial score (nSPS) is 19.0. The Kier molecular flexibility index (Phi) is 10.4. The number of anilines is 1. The van der Waals surface area contributed by atoms with Crippen LogP contribution in [0.4, 0.5) is 50.0 Å². The fourth-order valence-electron chi connectivity index (χ4n) is 5.79. The highest BCUT2D eigenvalue weighted by atomic mass is 19.4. The summed E-state index contributed by atoms with van der Waals surface area (Å²) in [5, 5.41) is 0. The average molecular weight is 606 g/mol. The molecule has 2 aliphatic rings. The van der Waals surface area contributed by atoms with Crippen LogP contribution in [0.2, 0.25) is 0 Å².